The Hall–Kier alpha value is -3.65. The number of aromatic amines is 2. The summed E-state index contributed by atoms with van der Waals surface area (Å²) in [7, 11) is 0. The van der Waals surface area contributed by atoms with Gasteiger partial charge in [-0.3, -0.25) is 19.5 Å². The minimum absolute atomic E-state index is 0.0529. The van der Waals surface area contributed by atoms with Crippen LogP contribution in [0.15, 0.2) is 58.3 Å². The Kier molecular flexibility index (Phi) is 4.32. The Labute approximate surface area is 162 Å². The smallest absolute Gasteiger partial charge is 0.279 e. The fourth-order valence-corrected chi connectivity index (χ4v) is 3.00. The molecule has 0 aliphatic heterocycles. The lowest BCUT2D eigenvalue weighted by Crippen LogP contribution is -2.20. The van der Waals surface area contributed by atoms with Gasteiger partial charge in [-0.1, -0.05) is 29.8 Å². The summed E-state index contributed by atoms with van der Waals surface area (Å²) in [6.07, 6.45) is 1.59. The van der Waals surface area contributed by atoms with Crippen LogP contribution >= 0.6 is 11.6 Å². The van der Waals surface area contributed by atoms with Crippen molar-refractivity contribution in [3.8, 4) is 11.3 Å². The van der Waals surface area contributed by atoms with Crippen LogP contribution in [-0.4, -0.2) is 25.5 Å². The highest BCUT2D eigenvalue weighted by molar-refractivity contribution is 6.30. The van der Waals surface area contributed by atoms with E-state index < -0.39 is 17.0 Å². The third kappa shape index (κ3) is 3.21. The van der Waals surface area contributed by atoms with Crippen LogP contribution < -0.4 is 16.4 Å². The Morgan fingerprint density at radius 3 is 2.71 bits per heavy atom. The average molecular weight is 396 g/mol. The summed E-state index contributed by atoms with van der Waals surface area (Å²) in [5.74, 6) is -0.387. The van der Waals surface area contributed by atoms with Gasteiger partial charge in [-0.2, -0.15) is 4.52 Å². The molecule has 0 bridgehead atoms. The third-order valence-electron chi connectivity index (χ3n) is 4.16. The van der Waals surface area contributed by atoms with E-state index in [0.29, 0.717) is 22.1 Å². The second-order valence-electron chi connectivity index (χ2n) is 6.21. The topological polar surface area (TPSA) is 112 Å². The van der Waals surface area contributed by atoms with Crippen LogP contribution in [0.1, 0.15) is 15.9 Å². The van der Waals surface area contributed by atoms with Gasteiger partial charge in [-0.05, 0) is 36.2 Å². The number of H-pyrrole nitrogens is 2. The first-order valence-electron chi connectivity index (χ1n) is 8.30. The molecule has 28 heavy (non-hydrogen) atoms. The molecule has 0 aliphatic carbocycles. The first-order valence-corrected chi connectivity index (χ1v) is 8.68. The van der Waals surface area contributed by atoms with Gasteiger partial charge in [-0.15, -0.1) is 0 Å². The molecule has 1 amide bonds. The summed E-state index contributed by atoms with van der Waals surface area (Å²) in [4.78, 5) is 44.5. The Bertz CT molecular complexity index is 1320. The van der Waals surface area contributed by atoms with Crippen molar-refractivity contribution in [1.29, 1.82) is 0 Å². The number of carbonyl (C=O) groups excluding carboxylic acids is 1. The van der Waals surface area contributed by atoms with Crippen molar-refractivity contribution in [3.63, 3.8) is 0 Å². The van der Waals surface area contributed by atoms with Gasteiger partial charge in [-0.25, -0.2) is 4.98 Å². The summed E-state index contributed by atoms with van der Waals surface area (Å²) >= 11 is 6.02. The number of anilines is 1. The van der Waals surface area contributed by atoms with E-state index in [0.717, 1.165) is 10.1 Å². The van der Waals surface area contributed by atoms with Crippen molar-refractivity contribution in [2.75, 3.05) is 5.32 Å². The molecule has 4 rings (SSSR count). The van der Waals surface area contributed by atoms with Crippen molar-refractivity contribution < 1.29 is 4.79 Å². The van der Waals surface area contributed by atoms with Gasteiger partial charge >= 0.3 is 0 Å². The molecule has 1 aromatic carbocycles. The molecule has 4 aromatic rings. The van der Waals surface area contributed by atoms with E-state index in [-0.39, 0.29) is 11.2 Å². The number of carbonyl (C=O) groups is 1. The van der Waals surface area contributed by atoms with E-state index in [2.05, 4.69) is 20.4 Å². The summed E-state index contributed by atoms with van der Waals surface area (Å²) in [5.41, 5.74) is 0.650. The molecule has 0 atom stereocenters. The van der Waals surface area contributed by atoms with Crippen LogP contribution in [0, 0.1) is 6.92 Å². The molecule has 8 nitrogen and oxygen atoms in total. The molecule has 0 fully saturated rings. The number of amides is 1. The molecule has 140 valence electrons. The highest BCUT2D eigenvalue weighted by Crippen LogP contribution is 2.20. The number of benzene rings is 1. The summed E-state index contributed by atoms with van der Waals surface area (Å²) < 4.78 is 0.994. The molecule has 0 unspecified atom stereocenters. The highest BCUT2D eigenvalue weighted by atomic mass is 35.5. The number of hydrogen-bond acceptors (Lipinski definition) is 4. The number of halogens is 1. The maximum absolute atomic E-state index is 12.7. The van der Waals surface area contributed by atoms with E-state index in [1.807, 2.05) is 6.92 Å². The molecule has 0 saturated carbocycles. The Balaban J connectivity index is 1.83. The zero-order valence-corrected chi connectivity index (χ0v) is 15.4. The van der Waals surface area contributed by atoms with Crippen molar-refractivity contribution in [1.82, 2.24) is 19.6 Å². The number of nitrogens with one attached hydrogen (secondary N) is 3. The number of aryl methyl sites for hydroxylation is 1. The zero-order valence-electron chi connectivity index (χ0n) is 14.6. The fourth-order valence-electron chi connectivity index (χ4n) is 2.81. The Morgan fingerprint density at radius 2 is 2.00 bits per heavy atom. The molecule has 0 radical (unpaired) electrons. The van der Waals surface area contributed by atoms with Gasteiger partial charge in [0.2, 0.25) is 0 Å². The van der Waals surface area contributed by atoms with E-state index in [9.17, 15) is 14.4 Å². The summed E-state index contributed by atoms with van der Waals surface area (Å²) in [6.45, 7) is 1.87. The predicted octanol–water partition coefficient (Wildman–Crippen LogP) is 2.59. The largest absolute Gasteiger partial charge is 0.339 e. The number of hydrogen-bond donors (Lipinski definition) is 3. The zero-order chi connectivity index (χ0) is 19.8. The van der Waals surface area contributed by atoms with Crippen LogP contribution in [0.25, 0.3) is 16.9 Å². The number of rotatable bonds is 3. The maximum Gasteiger partial charge on any atom is 0.279 e. The lowest BCUT2D eigenvalue weighted by molar-refractivity contribution is 0.102. The van der Waals surface area contributed by atoms with Crippen molar-refractivity contribution in [2.24, 2.45) is 0 Å². The molecule has 0 saturated heterocycles. The van der Waals surface area contributed by atoms with E-state index in [4.69, 9.17) is 11.6 Å². The van der Waals surface area contributed by atoms with Crippen LogP contribution in [0.5, 0.6) is 0 Å². The van der Waals surface area contributed by atoms with Crippen molar-refractivity contribution in [3.05, 3.63) is 85.5 Å². The normalized spacial score (nSPS) is 10.9. The van der Waals surface area contributed by atoms with E-state index >= 15 is 0 Å². The van der Waals surface area contributed by atoms with Crippen LogP contribution in [0.4, 0.5) is 5.82 Å². The number of fused-ring (bicyclic) bond motifs is 1. The van der Waals surface area contributed by atoms with Crippen LogP contribution in [-0.2, 0) is 0 Å². The van der Waals surface area contributed by atoms with Gasteiger partial charge in [0.05, 0.1) is 5.69 Å². The first kappa shape index (κ1) is 17.7. The van der Waals surface area contributed by atoms with Crippen molar-refractivity contribution >= 4 is 29.0 Å². The molecule has 9 heteroatoms. The van der Waals surface area contributed by atoms with Gasteiger partial charge in [0.25, 0.3) is 17.0 Å². The average Bonchev–Trinajstić information content (AvgIpc) is 3.00. The third-order valence-corrected chi connectivity index (χ3v) is 4.39. The summed E-state index contributed by atoms with van der Waals surface area (Å²) in [6, 6.07) is 11.6. The van der Waals surface area contributed by atoms with Crippen molar-refractivity contribution in [2.45, 2.75) is 6.92 Å². The lowest BCUT2D eigenvalue weighted by Gasteiger charge is -2.06. The lowest BCUT2D eigenvalue weighted by atomic mass is 10.1. The second-order valence-corrected chi connectivity index (χ2v) is 6.64. The van der Waals surface area contributed by atoms with Gasteiger partial charge in [0.1, 0.15) is 11.4 Å². The summed E-state index contributed by atoms with van der Waals surface area (Å²) in [5, 5.41) is 5.43. The van der Waals surface area contributed by atoms with Gasteiger partial charge < -0.3 is 10.3 Å². The fraction of sp³-hybridized carbons (Fsp3) is 0.0526. The molecule has 3 N–H and O–H groups in total. The SMILES string of the molecule is Cc1ccc(NC(=O)c2c(=O)[nH]n3c(=O)cc(-c4cccc(Cl)c4)[nH]c23)nc1. The quantitative estimate of drug-likeness (QED) is 0.495. The predicted molar refractivity (Wildman–Crippen MR) is 106 cm³/mol. The monoisotopic (exact) mass is 395 g/mol. The van der Waals surface area contributed by atoms with Crippen LogP contribution in [0.3, 0.4) is 0 Å². The molecule has 3 heterocycles. The van der Waals surface area contributed by atoms with E-state index in [1.165, 1.54) is 6.07 Å². The highest BCUT2D eigenvalue weighted by Gasteiger charge is 2.20. The number of pyridine rings is 1. The van der Waals surface area contributed by atoms with Crippen LogP contribution in [0.2, 0.25) is 5.02 Å². The Morgan fingerprint density at radius 1 is 1.18 bits per heavy atom. The molecular weight excluding hydrogens is 382 g/mol. The number of aromatic nitrogens is 4. The maximum atomic E-state index is 12.7. The standard InChI is InChI=1S/C19H14ClN5O3/c1-10-5-6-14(21-9-10)23-18(27)16-17-22-13(11-3-2-4-12(20)7-11)8-15(26)25(17)24-19(16)28/h2-9,22H,1H3,(H,24,28)(H,21,23,27). The molecule has 3 aromatic heterocycles. The van der Waals surface area contributed by atoms with E-state index in [1.54, 1.807) is 42.6 Å². The minimum atomic E-state index is -0.693. The molecule has 0 spiro atoms. The molecule has 0 aliphatic rings. The van der Waals surface area contributed by atoms with Gasteiger partial charge in [0.15, 0.2) is 5.65 Å². The van der Waals surface area contributed by atoms with Gasteiger partial charge in [0, 0.05) is 17.3 Å². The minimum Gasteiger partial charge on any atom is -0.339 e. The first-order chi connectivity index (χ1) is 13.4. The number of nitrogens with zero attached hydrogens (tertiary/aromatic N) is 2. The molecular formula is C19H14ClN5O3. The second kappa shape index (κ2) is 6.82.